The smallest absolute Gasteiger partial charge is 0.207 e. The van der Waals surface area contributed by atoms with E-state index in [-0.39, 0.29) is 12.1 Å². The number of pyridine rings is 1. The number of alkyl halides is 1. The molecule has 2 heterocycles. The average Bonchev–Trinajstić information content (AvgIpc) is 2.84. The first-order chi connectivity index (χ1) is 11.7. The Hall–Kier alpha value is -1.89. The highest BCUT2D eigenvalue weighted by Gasteiger charge is 2.26. The summed E-state index contributed by atoms with van der Waals surface area (Å²) in [6, 6.07) is 1.34. The van der Waals surface area contributed by atoms with Crippen LogP contribution in [0.15, 0.2) is 18.5 Å². The maximum Gasteiger partial charge on any atom is 0.207 e. The van der Waals surface area contributed by atoms with Crippen LogP contribution in [-0.4, -0.2) is 48.7 Å². The number of carbonyl (C=O) groups is 1. The number of nitrogens with zero attached hydrogens (tertiary/aromatic N) is 2. The third kappa shape index (κ3) is 5.04. The van der Waals surface area contributed by atoms with Crippen molar-refractivity contribution < 1.29 is 13.9 Å². The van der Waals surface area contributed by atoms with Crippen molar-refractivity contribution >= 4 is 30.8 Å². The van der Waals surface area contributed by atoms with Gasteiger partial charge in [-0.2, -0.15) is 0 Å². The van der Waals surface area contributed by atoms with Crippen LogP contribution in [0.3, 0.4) is 0 Å². The number of fused-ring (bicyclic) bond motifs is 1. The van der Waals surface area contributed by atoms with E-state index in [1.54, 1.807) is 6.20 Å². The maximum atomic E-state index is 14.8. The third-order valence-corrected chi connectivity index (χ3v) is 4.01. The predicted molar refractivity (Wildman–Crippen MR) is 98.2 cm³/mol. The summed E-state index contributed by atoms with van der Waals surface area (Å²) < 4.78 is 22.4. The molecule has 0 aromatic carbocycles. The van der Waals surface area contributed by atoms with Crippen molar-refractivity contribution in [3.63, 3.8) is 0 Å². The molecule has 2 aromatic rings. The fourth-order valence-corrected chi connectivity index (χ4v) is 2.84. The number of rotatable bonds is 8. The number of halogens is 1. The number of aromatic nitrogens is 2. The number of hydrogen-bond acceptors (Lipinski definition) is 3. The molecule has 1 N–H and O–H groups in total. The van der Waals surface area contributed by atoms with Crippen LogP contribution in [0.25, 0.3) is 11.0 Å². The minimum atomic E-state index is -1.26. The van der Waals surface area contributed by atoms with Crippen LogP contribution >= 0.6 is 0 Å². The van der Waals surface area contributed by atoms with E-state index in [1.807, 2.05) is 44.5 Å². The van der Waals surface area contributed by atoms with Gasteiger partial charge in [0.1, 0.15) is 19.7 Å². The highest BCUT2D eigenvalue weighted by molar-refractivity contribution is 6.32. The second-order valence-electron chi connectivity index (χ2n) is 7.22. The molecule has 0 spiro atoms. The van der Waals surface area contributed by atoms with Gasteiger partial charge in [0.25, 0.3) is 0 Å². The molecule has 0 aliphatic carbocycles. The first kappa shape index (κ1) is 19.4. The minimum absolute atomic E-state index is 0.0582. The summed E-state index contributed by atoms with van der Waals surface area (Å²) in [5.41, 5.74) is 1.94. The molecule has 0 saturated heterocycles. The maximum absolute atomic E-state index is 14.8. The SMILES string of the molecule is [B]c1cnc2c(c1)c(C)cn2C(CCOC(C)(C)C)C(F)CNC=O. The Balaban J connectivity index is 2.32. The molecule has 25 heavy (non-hydrogen) atoms. The molecule has 2 aromatic heterocycles. The highest BCUT2D eigenvalue weighted by Crippen LogP contribution is 2.27. The highest BCUT2D eigenvalue weighted by atomic mass is 19.1. The summed E-state index contributed by atoms with van der Waals surface area (Å²) in [6.07, 6.45) is 3.16. The number of carbonyl (C=O) groups excluding carboxylic acids is 1. The molecule has 0 bridgehead atoms. The summed E-state index contributed by atoms with van der Waals surface area (Å²) in [4.78, 5) is 14.9. The van der Waals surface area contributed by atoms with Gasteiger partial charge in [-0.25, -0.2) is 9.37 Å². The van der Waals surface area contributed by atoms with Crippen LogP contribution in [0.5, 0.6) is 0 Å². The number of hydrogen-bond donors (Lipinski definition) is 1. The van der Waals surface area contributed by atoms with E-state index in [2.05, 4.69) is 10.3 Å². The normalized spacial score (nSPS) is 14.4. The molecule has 0 fully saturated rings. The number of nitrogens with one attached hydrogen (secondary N) is 1. The van der Waals surface area contributed by atoms with Crippen molar-refractivity contribution in [2.24, 2.45) is 0 Å². The zero-order valence-electron chi connectivity index (χ0n) is 15.3. The fourth-order valence-electron chi connectivity index (χ4n) is 2.84. The predicted octanol–water partition coefficient (Wildman–Crippen LogP) is 1.97. The van der Waals surface area contributed by atoms with Gasteiger partial charge in [0, 0.05) is 24.4 Å². The van der Waals surface area contributed by atoms with Crippen LogP contribution in [0.1, 0.15) is 38.8 Å². The van der Waals surface area contributed by atoms with Crippen molar-refractivity contribution in [2.75, 3.05) is 13.2 Å². The molecule has 2 unspecified atom stereocenters. The van der Waals surface area contributed by atoms with E-state index < -0.39 is 12.2 Å². The van der Waals surface area contributed by atoms with Gasteiger partial charge in [0.2, 0.25) is 6.41 Å². The number of aryl methyl sites for hydroxylation is 1. The molecular formula is C18H25BFN3O2. The van der Waals surface area contributed by atoms with Crippen molar-refractivity contribution in [1.29, 1.82) is 0 Å². The summed E-state index contributed by atoms with van der Waals surface area (Å²) in [5, 5.41) is 3.32. The molecule has 5 nitrogen and oxygen atoms in total. The zero-order valence-corrected chi connectivity index (χ0v) is 15.3. The lowest BCUT2D eigenvalue weighted by molar-refractivity contribution is -0.109. The molecule has 1 amide bonds. The lowest BCUT2D eigenvalue weighted by atomic mass is 9.97. The number of amides is 1. The Labute approximate surface area is 149 Å². The van der Waals surface area contributed by atoms with Crippen molar-refractivity contribution in [2.45, 2.75) is 51.9 Å². The Morgan fingerprint density at radius 2 is 2.20 bits per heavy atom. The van der Waals surface area contributed by atoms with E-state index in [4.69, 9.17) is 12.6 Å². The topological polar surface area (TPSA) is 56.1 Å². The lowest BCUT2D eigenvalue weighted by Gasteiger charge is -2.26. The molecule has 0 aliphatic rings. The van der Waals surface area contributed by atoms with E-state index >= 15 is 0 Å². The van der Waals surface area contributed by atoms with Gasteiger partial charge in [-0.05, 0) is 39.7 Å². The first-order valence-corrected chi connectivity index (χ1v) is 8.40. The molecule has 2 atom stereocenters. The summed E-state index contributed by atoms with van der Waals surface area (Å²) in [6.45, 7) is 8.17. The monoisotopic (exact) mass is 345 g/mol. The molecule has 0 aliphatic heterocycles. The quantitative estimate of drug-likeness (QED) is 0.588. The van der Waals surface area contributed by atoms with Gasteiger partial charge >= 0.3 is 0 Å². The molecule has 7 heteroatoms. The van der Waals surface area contributed by atoms with Crippen molar-refractivity contribution in [3.8, 4) is 0 Å². The van der Waals surface area contributed by atoms with E-state index in [9.17, 15) is 9.18 Å². The first-order valence-electron chi connectivity index (χ1n) is 8.40. The Kier molecular flexibility index (Phi) is 6.22. The zero-order chi connectivity index (χ0) is 18.6. The number of ether oxygens (including phenoxy) is 1. The molecular weight excluding hydrogens is 320 g/mol. The Bertz CT molecular complexity index is 727. The van der Waals surface area contributed by atoms with Crippen LogP contribution in [0.4, 0.5) is 4.39 Å². The second-order valence-corrected chi connectivity index (χ2v) is 7.22. The van der Waals surface area contributed by atoms with Crippen LogP contribution in [0, 0.1) is 6.92 Å². The fraction of sp³-hybridized carbons (Fsp3) is 0.556. The second kappa shape index (κ2) is 8.00. The largest absolute Gasteiger partial charge is 0.376 e. The molecule has 134 valence electrons. The van der Waals surface area contributed by atoms with Gasteiger partial charge in [0.15, 0.2) is 0 Å². The average molecular weight is 345 g/mol. The van der Waals surface area contributed by atoms with Crippen LogP contribution < -0.4 is 10.8 Å². The van der Waals surface area contributed by atoms with Gasteiger partial charge < -0.3 is 14.6 Å². The van der Waals surface area contributed by atoms with E-state index in [0.29, 0.717) is 30.5 Å². The van der Waals surface area contributed by atoms with Gasteiger partial charge in [-0.1, -0.05) is 11.5 Å². The van der Waals surface area contributed by atoms with Crippen molar-refractivity contribution in [3.05, 3.63) is 24.0 Å². The van der Waals surface area contributed by atoms with Gasteiger partial charge in [-0.15, -0.1) is 0 Å². The summed E-state index contributed by atoms with van der Waals surface area (Å²) in [5.74, 6) is 0. The van der Waals surface area contributed by atoms with Crippen LogP contribution in [-0.2, 0) is 9.53 Å². The Morgan fingerprint density at radius 1 is 1.48 bits per heavy atom. The molecule has 2 rings (SSSR count). The summed E-state index contributed by atoms with van der Waals surface area (Å²) in [7, 11) is 5.82. The van der Waals surface area contributed by atoms with E-state index in [0.717, 1.165) is 10.9 Å². The lowest BCUT2D eigenvalue weighted by Crippen LogP contribution is -2.32. The Morgan fingerprint density at radius 3 is 2.84 bits per heavy atom. The van der Waals surface area contributed by atoms with Gasteiger partial charge in [-0.3, -0.25) is 4.79 Å². The van der Waals surface area contributed by atoms with Crippen molar-refractivity contribution in [1.82, 2.24) is 14.9 Å². The standard InChI is InChI=1S/C18H25BFN3O2/c1-12-10-23(17-14(12)7-13(19)8-22-17)16(15(20)9-21-11-24)5-6-25-18(2,3)4/h7-8,10-11,15-16H,5-6,9H2,1-4H3,(H,21,24). The van der Waals surface area contributed by atoms with Crippen LogP contribution in [0.2, 0.25) is 0 Å². The minimum Gasteiger partial charge on any atom is -0.376 e. The third-order valence-electron chi connectivity index (χ3n) is 4.01. The molecule has 0 saturated carbocycles. The summed E-state index contributed by atoms with van der Waals surface area (Å²) >= 11 is 0. The van der Waals surface area contributed by atoms with Gasteiger partial charge in [0.05, 0.1) is 18.2 Å². The van der Waals surface area contributed by atoms with E-state index in [1.165, 1.54) is 0 Å². The molecule has 2 radical (unpaired) electrons.